The Morgan fingerprint density at radius 3 is 2.32 bits per heavy atom. The molecule has 1 heterocycles. The van der Waals surface area contributed by atoms with Crippen LogP contribution in [0, 0.1) is 6.92 Å². The lowest BCUT2D eigenvalue weighted by Crippen LogP contribution is -2.11. The number of aryl methyl sites for hydroxylation is 1. The normalized spacial score (nSPS) is 11.6. The molecule has 0 fully saturated rings. The Balaban J connectivity index is 1.60. The van der Waals surface area contributed by atoms with Gasteiger partial charge in [-0.3, -0.25) is 4.18 Å². The molecule has 25 heavy (non-hydrogen) atoms. The summed E-state index contributed by atoms with van der Waals surface area (Å²) in [6.07, 6.45) is 0.371. The van der Waals surface area contributed by atoms with Crippen molar-refractivity contribution in [3.05, 3.63) is 77.7 Å². The largest absolute Gasteiger partial charge is 0.441 e. The maximum atomic E-state index is 12.0. The van der Waals surface area contributed by atoms with Crippen LogP contribution in [0.2, 0.25) is 0 Å². The Morgan fingerprint density at radius 2 is 1.64 bits per heavy atom. The van der Waals surface area contributed by atoms with Gasteiger partial charge in [-0.15, -0.1) is 0 Å². The number of nitrogens with zero attached hydrogens (tertiary/aromatic N) is 1. The van der Waals surface area contributed by atoms with Gasteiger partial charge in [-0.25, -0.2) is 4.98 Å². The molecule has 3 aromatic rings. The van der Waals surface area contributed by atoms with Crippen LogP contribution in [0.25, 0.3) is 11.5 Å². The topological polar surface area (TPSA) is 69.4 Å². The van der Waals surface area contributed by atoms with E-state index in [-0.39, 0.29) is 12.4 Å². The monoisotopic (exact) mass is 357 g/mol. The molecule has 3 rings (SSSR count). The highest BCUT2D eigenvalue weighted by Gasteiger charge is 2.15. The van der Waals surface area contributed by atoms with Crippen molar-refractivity contribution in [3.8, 4) is 11.5 Å². The first-order valence-corrected chi connectivity index (χ1v) is 9.54. The number of oxazole rings is 1. The van der Waals surface area contributed by atoms with Crippen LogP contribution in [0.1, 0.15) is 17.0 Å². The lowest BCUT2D eigenvalue weighted by Gasteiger charge is -2.05. The summed E-state index contributed by atoms with van der Waals surface area (Å²) in [7, 11) is -3.62. The summed E-state index contributed by atoms with van der Waals surface area (Å²) in [5, 5.41) is 0. The van der Waals surface area contributed by atoms with Crippen molar-refractivity contribution in [1.82, 2.24) is 4.98 Å². The van der Waals surface area contributed by atoms with Crippen LogP contribution in [0.3, 0.4) is 0 Å². The molecule has 0 spiro atoms. The number of rotatable bonds is 7. The lowest BCUT2D eigenvalue weighted by molar-refractivity contribution is 0.319. The second-order valence-corrected chi connectivity index (χ2v) is 7.29. The first-order chi connectivity index (χ1) is 12.0. The van der Waals surface area contributed by atoms with Gasteiger partial charge in [0.25, 0.3) is 10.1 Å². The Hall–Kier alpha value is -2.44. The van der Waals surface area contributed by atoms with Gasteiger partial charge in [0.1, 0.15) is 11.5 Å². The highest BCUT2D eigenvalue weighted by Crippen LogP contribution is 2.21. The molecule has 0 aliphatic carbocycles. The number of hydrogen-bond acceptors (Lipinski definition) is 5. The van der Waals surface area contributed by atoms with E-state index in [4.69, 9.17) is 8.60 Å². The maximum absolute atomic E-state index is 12.0. The number of benzene rings is 2. The summed E-state index contributed by atoms with van der Waals surface area (Å²) in [4.78, 5) is 4.44. The molecule has 0 unspecified atom stereocenters. The quantitative estimate of drug-likeness (QED) is 0.603. The van der Waals surface area contributed by atoms with Gasteiger partial charge in [0.05, 0.1) is 12.3 Å². The number of aromatic nitrogens is 1. The summed E-state index contributed by atoms with van der Waals surface area (Å²) in [5.41, 5.74) is 2.29. The SMILES string of the molecule is Cc1oc(-c2ccccc2)nc1CCOS(=O)(=O)Cc1ccccc1. The van der Waals surface area contributed by atoms with Crippen LogP contribution in [0.5, 0.6) is 0 Å². The second-order valence-electron chi connectivity index (χ2n) is 5.65. The minimum Gasteiger partial charge on any atom is -0.441 e. The van der Waals surface area contributed by atoms with E-state index in [0.29, 0.717) is 29.3 Å². The Kier molecular flexibility index (Phi) is 5.31. The zero-order valence-electron chi connectivity index (χ0n) is 13.9. The zero-order chi connectivity index (χ0) is 17.7. The van der Waals surface area contributed by atoms with Gasteiger partial charge in [-0.2, -0.15) is 8.42 Å². The van der Waals surface area contributed by atoms with E-state index >= 15 is 0 Å². The van der Waals surface area contributed by atoms with Crippen LogP contribution in [-0.2, 0) is 26.5 Å². The van der Waals surface area contributed by atoms with Crippen molar-refractivity contribution < 1.29 is 17.0 Å². The van der Waals surface area contributed by atoms with Crippen LogP contribution in [0.4, 0.5) is 0 Å². The molecule has 5 nitrogen and oxygen atoms in total. The van der Waals surface area contributed by atoms with Crippen molar-refractivity contribution >= 4 is 10.1 Å². The van der Waals surface area contributed by atoms with Gasteiger partial charge >= 0.3 is 0 Å². The van der Waals surface area contributed by atoms with Gasteiger partial charge in [0, 0.05) is 12.0 Å². The van der Waals surface area contributed by atoms with Crippen molar-refractivity contribution in [2.75, 3.05) is 6.61 Å². The van der Waals surface area contributed by atoms with Gasteiger partial charge in [0.2, 0.25) is 5.89 Å². The summed E-state index contributed by atoms with van der Waals surface area (Å²) in [5.74, 6) is 1.06. The third-order valence-electron chi connectivity index (χ3n) is 3.70. The Bertz CT molecular complexity index is 919. The Morgan fingerprint density at radius 1 is 1.00 bits per heavy atom. The van der Waals surface area contributed by atoms with Gasteiger partial charge in [-0.05, 0) is 24.6 Å². The molecule has 0 N–H and O–H groups in total. The van der Waals surface area contributed by atoms with Crippen LogP contribution < -0.4 is 0 Å². The van der Waals surface area contributed by atoms with E-state index in [1.807, 2.05) is 43.3 Å². The minimum atomic E-state index is -3.62. The molecule has 0 radical (unpaired) electrons. The second kappa shape index (κ2) is 7.63. The van der Waals surface area contributed by atoms with Gasteiger partial charge < -0.3 is 4.42 Å². The first kappa shape index (κ1) is 17.4. The third kappa shape index (κ3) is 4.78. The molecule has 6 heteroatoms. The minimum absolute atomic E-state index is 0.0385. The van der Waals surface area contributed by atoms with E-state index in [0.717, 1.165) is 5.56 Å². The highest BCUT2D eigenvalue weighted by atomic mass is 32.2. The zero-order valence-corrected chi connectivity index (χ0v) is 14.7. The van der Waals surface area contributed by atoms with E-state index in [2.05, 4.69) is 4.98 Å². The van der Waals surface area contributed by atoms with Crippen molar-refractivity contribution in [1.29, 1.82) is 0 Å². The van der Waals surface area contributed by atoms with E-state index in [9.17, 15) is 8.42 Å². The van der Waals surface area contributed by atoms with E-state index in [1.165, 1.54) is 0 Å². The highest BCUT2D eigenvalue weighted by molar-refractivity contribution is 7.85. The molecule has 0 aliphatic rings. The fourth-order valence-corrected chi connectivity index (χ4v) is 3.47. The van der Waals surface area contributed by atoms with Crippen molar-refractivity contribution in [3.63, 3.8) is 0 Å². The lowest BCUT2D eigenvalue weighted by atomic mass is 10.2. The van der Waals surface area contributed by atoms with Crippen LogP contribution in [0.15, 0.2) is 65.1 Å². The number of hydrogen-bond donors (Lipinski definition) is 0. The molecule has 0 amide bonds. The van der Waals surface area contributed by atoms with Crippen molar-refractivity contribution in [2.45, 2.75) is 19.1 Å². The molecule has 2 aromatic carbocycles. The van der Waals surface area contributed by atoms with Crippen molar-refractivity contribution in [2.24, 2.45) is 0 Å². The molecular formula is C19H19NO4S. The van der Waals surface area contributed by atoms with Gasteiger partial charge in [-0.1, -0.05) is 48.5 Å². The summed E-state index contributed by atoms with van der Waals surface area (Å²) >= 11 is 0. The smallest absolute Gasteiger partial charge is 0.271 e. The summed E-state index contributed by atoms with van der Waals surface area (Å²) < 4.78 is 34.8. The fourth-order valence-electron chi connectivity index (χ4n) is 2.45. The average Bonchev–Trinajstić information content (AvgIpc) is 2.97. The van der Waals surface area contributed by atoms with Crippen LogP contribution >= 0.6 is 0 Å². The fraction of sp³-hybridized carbons (Fsp3) is 0.211. The predicted octanol–water partition coefficient (Wildman–Crippen LogP) is 3.74. The maximum Gasteiger partial charge on any atom is 0.271 e. The van der Waals surface area contributed by atoms with E-state index < -0.39 is 10.1 Å². The first-order valence-electron chi connectivity index (χ1n) is 7.96. The predicted molar refractivity (Wildman–Crippen MR) is 95.4 cm³/mol. The molecule has 0 saturated carbocycles. The molecule has 130 valence electrons. The average molecular weight is 357 g/mol. The summed E-state index contributed by atoms with van der Waals surface area (Å²) in [6.45, 7) is 1.85. The third-order valence-corrected chi connectivity index (χ3v) is 4.91. The molecule has 0 aliphatic heterocycles. The molecule has 0 saturated heterocycles. The molecule has 0 atom stereocenters. The molecule has 0 bridgehead atoms. The van der Waals surface area contributed by atoms with Gasteiger partial charge in [0.15, 0.2) is 0 Å². The van der Waals surface area contributed by atoms with Crippen LogP contribution in [-0.4, -0.2) is 20.0 Å². The summed E-state index contributed by atoms with van der Waals surface area (Å²) in [6, 6.07) is 18.5. The molecular weight excluding hydrogens is 338 g/mol. The van der Waals surface area contributed by atoms with E-state index in [1.54, 1.807) is 24.3 Å². The molecule has 1 aromatic heterocycles. The Labute approximate surface area is 147 Å². The standard InChI is InChI=1S/C19H19NO4S/c1-15-18(20-19(24-15)17-10-6-3-7-11-17)12-13-23-25(21,22)14-16-8-4-2-5-9-16/h2-11H,12-14H2,1H3.